The molecule has 1 aromatic carbocycles. The van der Waals surface area contributed by atoms with E-state index in [9.17, 15) is 9.59 Å². The summed E-state index contributed by atoms with van der Waals surface area (Å²) in [6.45, 7) is 2.64. The number of ether oxygens (including phenoxy) is 2. The van der Waals surface area contributed by atoms with Crippen LogP contribution in [0.25, 0.3) is 0 Å². The molecule has 1 aliphatic rings. The van der Waals surface area contributed by atoms with Crippen molar-refractivity contribution >= 4 is 12.0 Å². The third-order valence-electron chi connectivity index (χ3n) is 4.22. The number of likely N-dealkylation sites (tertiary alicyclic amines) is 1. The topological polar surface area (TPSA) is 81.9 Å². The molecule has 6 heteroatoms. The molecule has 126 valence electrons. The molecule has 2 amide bonds. The molecule has 2 unspecified atom stereocenters. The molecule has 1 fully saturated rings. The van der Waals surface area contributed by atoms with E-state index in [0.29, 0.717) is 30.9 Å². The highest BCUT2D eigenvalue weighted by Crippen LogP contribution is 2.35. The number of hydrogen-bond acceptors (Lipinski definition) is 4. The number of nitrogens with two attached hydrogens (primary N) is 1. The van der Waals surface area contributed by atoms with Gasteiger partial charge in [0.05, 0.1) is 25.7 Å². The quantitative estimate of drug-likeness (QED) is 0.902. The summed E-state index contributed by atoms with van der Waals surface area (Å²) >= 11 is 0. The zero-order valence-corrected chi connectivity index (χ0v) is 13.7. The fraction of sp³-hybridized carbons (Fsp3) is 0.529. The van der Waals surface area contributed by atoms with Crippen LogP contribution >= 0.6 is 0 Å². The Balaban J connectivity index is 2.38. The third-order valence-corrected chi connectivity index (χ3v) is 4.22. The number of piperidine rings is 1. The molecule has 1 heterocycles. The Hall–Kier alpha value is -2.24. The fourth-order valence-corrected chi connectivity index (χ4v) is 3.21. The van der Waals surface area contributed by atoms with Crippen molar-refractivity contribution in [2.45, 2.75) is 38.1 Å². The van der Waals surface area contributed by atoms with Gasteiger partial charge in [0.1, 0.15) is 5.75 Å². The van der Waals surface area contributed by atoms with Gasteiger partial charge < -0.3 is 20.1 Å². The van der Waals surface area contributed by atoms with Crippen LogP contribution in [-0.2, 0) is 9.53 Å². The average Bonchev–Trinajstić information content (AvgIpc) is 2.56. The minimum absolute atomic E-state index is 0.304. The van der Waals surface area contributed by atoms with E-state index < -0.39 is 17.9 Å². The fourth-order valence-electron chi connectivity index (χ4n) is 3.21. The maximum atomic E-state index is 12.2. The van der Waals surface area contributed by atoms with Crippen LogP contribution in [0.2, 0.25) is 0 Å². The second-order valence-corrected chi connectivity index (χ2v) is 5.58. The summed E-state index contributed by atoms with van der Waals surface area (Å²) in [4.78, 5) is 26.1. The van der Waals surface area contributed by atoms with E-state index in [1.165, 1.54) is 0 Å². The number of nitrogens with zero attached hydrogens (tertiary/aromatic N) is 1. The largest absolute Gasteiger partial charge is 0.496 e. The van der Waals surface area contributed by atoms with E-state index >= 15 is 0 Å². The van der Waals surface area contributed by atoms with Crippen LogP contribution in [0.3, 0.4) is 0 Å². The molecule has 0 saturated carbocycles. The number of primary amides is 1. The van der Waals surface area contributed by atoms with Gasteiger partial charge in [0.2, 0.25) is 5.91 Å². The van der Waals surface area contributed by atoms with E-state index in [1.807, 2.05) is 18.2 Å². The molecule has 1 saturated heterocycles. The maximum absolute atomic E-state index is 12.2. The second-order valence-electron chi connectivity index (χ2n) is 5.58. The summed E-state index contributed by atoms with van der Waals surface area (Å²) in [5.41, 5.74) is 6.40. The van der Waals surface area contributed by atoms with Crippen molar-refractivity contribution in [2.75, 3.05) is 20.3 Å². The van der Waals surface area contributed by atoms with Crippen LogP contribution in [0.1, 0.15) is 37.7 Å². The molecule has 23 heavy (non-hydrogen) atoms. The lowest BCUT2D eigenvalue weighted by Gasteiger charge is -2.38. The first-order chi connectivity index (χ1) is 11.1. The lowest BCUT2D eigenvalue weighted by atomic mass is 9.84. The Labute approximate surface area is 136 Å². The minimum atomic E-state index is -0.615. The highest BCUT2D eigenvalue weighted by Gasteiger charge is 2.38. The first kappa shape index (κ1) is 17.1. The van der Waals surface area contributed by atoms with Gasteiger partial charge in [-0.2, -0.15) is 0 Å². The first-order valence-electron chi connectivity index (χ1n) is 7.95. The van der Waals surface area contributed by atoms with Crippen molar-refractivity contribution in [3.63, 3.8) is 0 Å². The lowest BCUT2D eigenvalue weighted by molar-refractivity contribution is -0.121. The number of carbonyl (C=O) groups excluding carboxylic acids is 2. The van der Waals surface area contributed by atoms with E-state index in [2.05, 4.69) is 0 Å². The number of hydrogen-bond donors (Lipinski definition) is 1. The number of methoxy groups -OCH3 is 1. The van der Waals surface area contributed by atoms with Gasteiger partial charge >= 0.3 is 6.09 Å². The predicted octanol–water partition coefficient (Wildman–Crippen LogP) is 2.28. The summed E-state index contributed by atoms with van der Waals surface area (Å²) in [5, 5.41) is 0. The monoisotopic (exact) mass is 320 g/mol. The van der Waals surface area contributed by atoms with Crippen molar-refractivity contribution in [2.24, 2.45) is 5.73 Å². The summed E-state index contributed by atoms with van der Waals surface area (Å²) in [7, 11) is 1.56. The standard InChI is InChI=1S/C17H24N2O4/c1-3-23-17(21)19-11-7-6-9-13(19)15(16(18)20)12-8-4-5-10-14(12)22-2/h4-5,8,10,13,15H,3,6-7,9,11H2,1-2H3,(H2,18,20). The van der Waals surface area contributed by atoms with Crippen LogP contribution in [0.15, 0.2) is 24.3 Å². The predicted molar refractivity (Wildman–Crippen MR) is 86.3 cm³/mol. The molecule has 0 radical (unpaired) electrons. The molecule has 1 aliphatic heterocycles. The van der Waals surface area contributed by atoms with Crippen LogP contribution in [-0.4, -0.2) is 43.2 Å². The maximum Gasteiger partial charge on any atom is 0.410 e. The molecule has 0 aliphatic carbocycles. The van der Waals surface area contributed by atoms with Crippen LogP contribution < -0.4 is 10.5 Å². The summed E-state index contributed by atoms with van der Waals surface area (Å²) in [6, 6.07) is 6.99. The zero-order chi connectivity index (χ0) is 16.8. The Morgan fingerprint density at radius 3 is 2.74 bits per heavy atom. The van der Waals surface area contributed by atoms with E-state index in [1.54, 1.807) is 25.0 Å². The Morgan fingerprint density at radius 1 is 1.35 bits per heavy atom. The highest BCUT2D eigenvalue weighted by atomic mass is 16.6. The number of carbonyl (C=O) groups is 2. The van der Waals surface area contributed by atoms with E-state index in [0.717, 1.165) is 12.8 Å². The van der Waals surface area contributed by atoms with Crippen molar-refractivity contribution in [1.29, 1.82) is 0 Å². The van der Waals surface area contributed by atoms with Crippen molar-refractivity contribution < 1.29 is 19.1 Å². The SMILES string of the molecule is CCOC(=O)N1CCCCC1C(C(N)=O)c1ccccc1OC. The second kappa shape index (κ2) is 7.85. The van der Waals surface area contributed by atoms with Crippen LogP contribution in [0.4, 0.5) is 4.79 Å². The molecule has 2 rings (SSSR count). The molecule has 0 spiro atoms. The van der Waals surface area contributed by atoms with E-state index in [-0.39, 0.29) is 6.04 Å². The number of para-hydroxylation sites is 1. The smallest absolute Gasteiger partial charge is 0.410 e. The lowest BCUT2D eigenvalue weighted by Crippen LogP contribution is -2.50. The van der Waals surface area contributed by atoms with Crippen LogP contribution in [0.5, 0.6) is 5.75 Å². The molecule has 0 bridgehead atoms. The molecule has 6 nitrogen and oxygen atoms in total. The molecule has 0 aromatic heterocycles. The van der Waals surface area contributed by atoms with Gasteiger partial charge in [0, 0.05) is 12.1 Å². The van der Waals surface area contributed by atoms with Gasteiger partial charge in [-0.15, -0.1) is 0 Å². The molecular formula is C17H24N2O4. The number of benzene rings is 1. The zero-order valence-electron chi connectivity index (χ0n) is 13.7. The van der Waals surface area contributed by atoms with Gasteiger partial charge in [0.15, 0.2) is 0 Å². The highest BCUT2D eigenvalue weighted by molar-refractivity contribution is 5.84. The molecule has 2 atom stereocenters. The minimum Gasteiger partial charge on any atom is -0.496 e. The van der Waals surface area contributed by atoms with Crippen molar-refractivity contribution in [3.05, 3.63) is 29.8 Å². The van der Waals surface area contributed by atoms with Gasteiger partial charge in [-0.1, -0.05) is 18.2 Å². The molecule has 1 aromatic rings. The average molecular weight is 320 g/mol. The van der Waals surface area contributed by atoms with Gasteiger partial charge in [-0.05, 0) is 32.3 Å². The summed E-state index contributed by atoms with van der Waals surface area (Å²) in [6.07, 6.45) is 2.16. The van der Waals surface area contributed by atoms with Gasteiger partial charge in [0.25, 0.3) is 0 Å². The number of amides is 2. The van der Waals surface area contributed by atoms with Gasteiger partial charge in [-0.3, -0.25) is 4.79 Å². The Morgan fingerprint density at radius 2 is 2.09 bits per heavy atom. The summed E-state index contributed by atoms with van der Waals surface area (Å²) in [5.74, 6) is -0.475. The van der Waals surface area contributed by atoms with Crippen molar-refractivity contribution in [1.82, 2.24) is 4.90 Å². The molecular weight excluding hydrogens is 296 g/mol. The van der Waals surface area contributed by atoms with Crippen molar-refractivity contribution in [3.8, 4) is 5.75 Å². The Kier molecular flexibility index (Phi) is 5.84. The van der Waals surface area contributed by atoms with Crippen LogP contribution in [0, 0.1) is 0 Å². The first-order valence-corrected chi connectivity index (χ1v) is 7.95. The molecule has 2 N–H and O–H groups in total. The third kappa shape index (κ3) is 3.75. The normalized spacial score (nSPS) is 19.0. The Bertz CT molecular complexity index is 561. The summed E-state index contributed by atoms with van der Waals surface area (Å²) < 4.78 is 10.5. The van der Waals surface area contributed by atoms with E-state index in [4.69, 9.17) is 15.2 Å². The number of rotatable bonds is 5. The van der Waals surface area contributed by atoms with Gasteiger partial charge in [-0.25, -0.2) is 4.79 Å².